The van der Waals surface area contributed by atoms with Crippen molar-refractivity contribution in [2.45, 2.75) is 18.9 Å². The van der Waals surface area contributed by atoms with Crippen molar-refractivity contribution in [1.29, 1.82) is 0 Å². The second-order valence-corrected chi connectivity index (χ2v) is 5.12. The van der Waals surface area contributed by atoms with Crippen molar-refractivity contribution in [1.82, 2.24) is 0 Å². The van der Waals surface area contributed by atoms with Gasteiger partial charge in [0.1, 0.15) is 5.54 Å². The van der Waals surface area contributed by atoms with Crippen molar-refractivity contribution in [2.75, 3.05) is 26.1 Å². The van der Waals surface area contributed by atoms with Gasteiger partial charge in [-0.15, -0.1) is 0 Å². The van der Waals surface area contributed by atoms with Crippen LogP contribution in [0, 0.1) is 0 Å². The number of methoxy groups -OCH3 is 2. The highest BCUT2D eigenvalue weighted by molar-refractivity contribution is 9.10. The third kappa shape index (κ3) is 3.99. The minimum absolute atomic E-state index is 0.306. The molecule has 0 radical (unpaired) electrons. The number of anilines is 1. The van der Waals surface area contributed by atoms with Gasteiger partial charge in [0, 0.05) is 30.3 Å². The van der Waals surface area contributed by atoms with Gasteiger partial charge in [0.2, 0.25) is 0 Å². The third-order valence-corrected chi connectivity index (χ3v) is 3.18. The lowest BCUT2D eigenvalue weighted by molar-refractivity contribution is -0.146. The molecule has 0 aliphatic rings. The number of nitrogens with one attached hydrogen (secondary N) is 1. The zero-order valence-corrected chi connectivity index (χ0v) is 12.4. The van der Waals surface area contributed by atoms with Crippen LogP contribution in [-0.4, -0.2) is 32.3 Å². The Balaban J connectivity index is 2.87. The summed E-state index contributed by atoms with van der Waals surface area (Å²) in [4.78, 5) is 11.9. The normalized spacial score (nSPS) is 13.8. The molecule has 0 fully saturated rings. The van der Waals surface area contributed by atoms with E-state index in [0.717, 1.165) is 10.2 Å². The first kappa shape index (κ1) is 15.0. The SMILES string of the molecule is COCCC(C)(Nc1cccc(Br)c1)C(=O)OC. The van der Waals surface area contributed by atoms with Gasteiger partial charge >= 0.3 is 5.97 Å². The molecule has 1 unspecified atom stereocenters. The molecular weight excluding hydrogens is 298 g/mol. The van der Waals surface area contributed by atoms with E-state index >= 15 is 0 Å². The van der Waals surface area contributed by atoms with Crippen LogP contribution in [-0.2, 0) is 14.3 Å². The van der Waals surface area contributed by atoms with Gasteiger partial charge in [0.25, 0.3) is 0 Å². The molecule has 0 aliphatic carbocycles. The summed E-state index contributed by atoms with van der Waals surface area (Å²) in [5.41, 5.74) is 0.0549. The Bertz CT molecular complexity index is 411. The van der Waals surface area contributed by atoms with E-state index in [4.69, 9.17) is 9.47 Å². The van der Waals surface area contributed by atoms with Gasteiger partial charge in [0.05, 0.1) is 7.11 Å². The molecule has 0 saturated carbocycles. The van der Waals surface area contributed by atoms with E-state index < -0.39 is 5.54 Å². The number of halogens is 1. The Morgan fingerprint density at radius 3 is 2.72 bits per heavy atom. The highest BCUT2D eigenvalue weighted by Gasteiger charge is 2.33. The van der Waals surface area contributed by atoms with Crippen molar-refractivity contribution < 1.29 is 14.3 Å². The van der Waals surface area contributed by atoms with E-state index in [2.05, 4.69) is 21.2 Å². The minimum Gasteiger partial charge on any atom is -0.467 e. The monoisotopic (exact) mass is 315 g/mol. The number of hydrogen-bond acceptors (Lipinski definition) is 4. The van der Waals surface area contributed by atoms with Crippen molar-refractivity contribution in [3.05, 3.63) is 28.7 Å². The lowest BCUT2D eigenvalue weighted by atomic mass is 9.98. The molecule has 0 aliphatic heterocycles. The average molecular weight is 316 g/mol. The van der Waals surface area contributed by atoms with Crippen LogP contribution in [0.4, 0.5) is 5.69 Å². The summed E-state index contributed by atoms with van der Waals surface area (Å²) in [6, 6.07) is 7.64. The minimum atomic E-state index is -0.800. The van der Waals surface area contributed by atoms with Crippen molar-refractivity contribution in [3.63, 3.8) is 0 Å². The molecule has 1 atom stereocenters. The van der Waals surface area contributed by atoms with Crippen LogP contribution in [0.15, 0.2) is 28.7 Å². The molecule has 0 bridgehead atoms. The van der Waals surface area contributed by atoms with Gasteiger partial charge < -0.3 is 14.8 Å². The van der Waals surface area contributed by atoms with Crippen LogP contribution >= 0.6 is 15.9 Å². The lowest BCUT2D eigenvalue weighted by Crippen LogP contribution is -2.45. The van der Waals surface area contributed by atoms with Crippen LogP contribution in [0.3, 0.4) is 0 Å². The van der Waals surface area contributed by atoms with Gasteiger partial charge in [-0.05, 0) is 25.1 Å². The van der Waals surface area contributed by atoms with Crippen LogP contribution < -0.4 is 5.32 Å². The summed E-state index contributed by atoms with van der Waals surface area (Å²) in [5, 5.41) is 3.20. The molecule has 0 aromatic heterocycles. The topological polar surface area (TPSA) is 47.6 Å². The maximum absolute atomic E-state index is 11.9. The first-order chi connectivity index (χ1) is 8.51. The number of hydrogen-bond donors (Lipinski definition) is 1. The van der Waals surface area contributed by atoms with Crippen LogP contribution in [0.2, 0.25) is 0 Å². The molecular formula is C13H18BrNO3. The molecule has 5 heteroatoms. The van der Waals surface area contributed by atoms with Crippen molar-refractivity contribution in [3.8, 4) is 0 Å². The second-order valence-electron chi connectivity index (χ2n) is 4.20. The third-order valence-electron chi connectivity index (χ3n) is 2.69. The Kier molecular flexibility index (Phi) is 5.62. The van der Waals surface area contributed by atoms with Gasteiger partial charge in [-0.25, -0.2) is 4.79 Å². The Morgan fingerprint density at radius 1 is 1.44 bits per heavy atom. The van der Waals surface area contributed by atoms with Gasteiger partial charge in [-0.2, -0.15) is 0 Å². The van der Waals surface area contributed by atoms with E-state index in [1.165, 1.54) is 7.11 Å². The lowest BCUT2D eigenvalue weighted by Gasteiger charge is -2.28. The predicted molar refractivity (Wildman–Crippen MR) is 74.7 cm³/mol. The molecule has 100 valence electrons. The second kappa shape index (κ2) is 6.75. The number of carbonyl (C=O) groups is 1. The number of rotatable bonds is 6. The molecule has 18 heavy (non-hydrogen) atoms. The van der Waals surface area contributed by atoms with E-state index in [0.29, 0.717) is 13.0 Å². The summed E-state index contributed by atoms with van der Waals surface area (Å²) in [6.07, 6.45) is 0.530. The average Bonchev–Trinajstić information content (AvgIpc) is 2.35. The standard InChI is InChI=1S/C13H18BrNO3/c1-13(7-8-17-2,12(16)18-3)15-11-6-4-5-10(14)9-11/h4-6,9,15H,7-8H2,1-3H3. The van der Waals surface area contributed by atoms with Gasteiger partial charge in [-0.1, -0.05) is 22.0 Å². The predicted octanol–water partition coefficient (Wildman–Crippen LogP) is 2.83. The summed E-state index contributed by atoms with van der Waals surface area (Å²) in [5.74, 6) is -0.306. The van der Waals surface area contributed by atoms with Crippen molar-refractivity contribution >= 4 is 27.6 Å². The number of ether oxygens (including phenoxy) is 2. The fourth-order valence-electron chi connectivity index (χ4n) is 1.63. The van der Waals surface area contributed by atoms with Crippen LogP contribution in [0.5, 0.6) is 0 Å². The number of carbonyl (C=O) groups excluding carboxylic acids is 1. The summed E-state index contributed by atoms with van der Waals surface area (Å²) in [7, 11) is 2.99. The summed E-state index contributed by atoms with van der Waals surface area (Å²) in [6.45, 7) is 2.28. The molecule has 0 spiro atoms. The highest BCUT2D eigenvalue weighted by Crippen LogP contribution is 2.23. The van der Waals surface area contributed by atoms with Crippen LogP contribution in [0.1, 0.15) is 13.3 Å². The Labute approximate surface area is 116 Å². The highest BCUT2D eigenvalue weighted by atomic mass is 79.9. The summed E-state index contributed by atoms with van der Waals surface area (Å²) < 4.78 is 10.8. The molecule has 0 amide bonds. The van der Waals surface area contributed by atoms with E-state index in [-0.39, 0.29) is 5.97 Å². The Morgan fingerprint density at radius 2 is 2.17 bits per heavy atom. The van der Waals surface area contributed by atoms with E-state index in [1.54, 1.807) is 14.0 Å². The fraction of sp³-hybridized carbons (Fsp3) is 0.462. The summed E-state index contributed by atoms with van der Waals surface area (Å²) >= 11 is 3.40. The first-order valence-electron chi connectivity index (χ1n) is 5.63. The quantitative estimate of drug-likeness (QED) is 0.820. The largest absolute Gasteiger partial charge is 0.467 e. The maximum Gasteiger partial charge on any atom is 0.331 e. The molecule has 1 aromatic carbocycles. The number of benzene rings is 1. The smallest absolute Gasteiger partial charge is 0.331 e. The van der Waals surface area contributed by atoms with Crippen molar-refractivity contribution in [2.24, 2.45) is 0 Å². The van der Waals surface area contributed by atoms with Gasteiger partial charge in [-0.3, -0.25) is 0 Å². The zero-order valence-electron chi connectivity index (χ0n) is 10.8. The Hall–Kier alpha value is -1.07. The first-order valence-corrected chi connectivity index (χ1v) is 6.42. The maximum atomic E-state index is 11.9. The number of esters is 1. The van der Waals surface area contributed by atoms with E-state index in [9.17, 15) is 4.79 Å². The molecule has 1 N–H and O–H groups in total. The molecule has 0 heterocycles. The molecule has 4 nitrogen and oxygen atoms in total. The van der Waals surface area contributed by atoms with Crippen LogP contribution in [0.25, 0.3) is 0 Å². The zero-order chi connectivity index (χ0) is 13.6. The molecule has 1 aromatic rings. The van der Waals surface area contributed by atoms with Gasteiger partial charge in [0.15, 0.2) is 0 Å². The fourth-order valence-corrected chi connectivity index (χ4v) is 2.03. The molecule has 0 saturated heterocycles. The van der Waals surface area contributed by atoms with E-state index in [1.807, 2.05) is 24.3 Å². The molecule has 1 rings (SSSR count).